The van der Waals surface area contributed by atoms with E-state index in [1.807, 2.05) is 6.07 Å². The zero-order valence-electron chi connectivity index (χ0n) is 15.5. The first-order valence-electron chi connectivity index (χ1n) is 9.32. The Morgan fingerprint density at radius 1 is 1.19 bits per heavy atom. The fourth-order valence-corrected chi connectivity index (χ4v) is 4.47. The van der Waals surface area contributed by atoms with Crippen LogP contribution in [0.5, 0.6) is 5.75 Å². The average molecular weight is 360 g/mol. The molecule has 6 heteroatoms. The van der Waals surface area contributed by atoms with Crippen LogP contribution in [0.15, 0.2) is 18.2 Å². The molecule has 1 aromatic carbocycles. The largest absolute Gasteiger partial charge is 0.496 e. The topological polar surface area (TPSA) is 90.7 Å². The summed E-state index contributed by atoms with van der Waals surface area (Å²) in [6, 6.07) is 5.53. The van der Waals surface area contributed by atoms with Gasteiger partial charge < -0.3 is 20.5 Å². The second-order valence-electron chi connectivity index (χ2n) is 7.44. The predicted octanol–water partition coefficient (Wildman–Crippen LogP) is 2.25. The Kier molecular flexibility index (Phi) is 5.81. The van der Waals surface area contributed by atoms with Crippen molar-refractivity contribution in [2.75, 3.05) is 14.2 Å². The summed E-state index contributed by atoms with van der Waals surface area (Å²) in [4.78, 5) is 24.5. The van der Waals surface area contributed by atoms with Crippen LogP contribution in [0.3, 0.4) is 0 Å². The molecular formula is C20H28N2O4. The highest BCUT2D eigenvalue weighted by Gasteiger charge is 2.40. The molecule has 6 nitrogen and oxygen atoms in total. The lowest BCUT2D eigenvalue weighted by molar-refractivity contribution is -0.128. The number of benzene rings is 1. The highest BCUT2D eigenvalue weighted by atomic mass is 16.5. The molecule has 2 aliphatic rings. The van der Waals surface area contributed by atoms with Crippen LogP contribution in [0.1, 0.15) is 48.0 Å². The molecule has 2 unspecified atom stereocenters. The second kappa shape index (κ2) is 8.08. The zero-order chi connectivity index (χ0) is 18.7. The third kappa shape index (κ3) is 3.85. The van der Waals surface area contributed by atoms with E-state index in [0.717, 1.165) is 31.2 Å². The Balaban J connectivity index is 1.62. The summed E-state index contributed by atoms with van der Waals surface area (Å²) in [5.41, 5.74) is 7.51. The molecule has 2 aliphatic carbocycles. The molecule has 2 saturated carbocycles. The Morgan fingerprint density at radius 3 is 2.50 bits per heavy atom. The van der Waals surface area contributed by atoms with Crippen LogP contribution < -0.4 is 15.8 Å². The number of nitrogens with two attached hydrogens (primary N) is 1. The molecule has 3 N–H and O–H groups in total. The molecular weight excluding hydrogens is 332 g/mol. The summed E-state index contributed by atoms with van der Waals surface area (Å²) >= 11 is 0. The molecule has 26 heavy (non-hydrogen) atoms. The monoisotopic (exact) mass is 360 g/mol. The molecule has 2 bridgehead atoms. The first kappa shape index (κ1) is 18.7. The Morgan fingerprint density at radius 2 is 1.88 bits per heavy atom. The van der Waals surface area contributed by atoms with Gasteiger partial charge in [0.2, 0.25) is 5.91 Å². The molecule has 0 saturated heterocycles. The summed E-state index contributed by atoms with van der Waals surface area (Å²) in [6.45, 7) is 0.380. The highest BCUT2D eigenvalue weighted by Crippen LogP contribution is 2.41. The SMILES string of the molecule is COC(=O)c1cc(CNC(=O)C2CC3CCCC(C2)C3N)ccc1OC. The summed E-state index contributed by atoms with van der Waals surface area (Å²) in [5, 5.41) is 3.02. The molecule has 0 aromatic heterocycles. The molecule has 3 rings (SSSR count). The fourth-order valence-electron chi connectivity index (χ4n) is 4.47. The standard InChI is InChI=1S/C20H28N2O4/c1-25-17-7-6-12(8-16(17)20(24)26-2)11-22-19(23)15-9-13-4-3-5-14(10-15)18(13)21/h6-8,13-15,18H,3-5,9-11,21H2,1-2H3,(H,22,23). The van der Waals surface area contributed by atoms with Crippen LogP contribution in [-0.4, -0.2) is 32.1 Å². The van der Waals surface area contributed by atoms with Gasteiger partial charge in [0.05, 0.1) is 14.2 Å². The number of methoxy groups -OCH3 is 2. The molecule has 0 spiro atoms. The molecule has 0 aliphatic heterocycles. The van der Waals surface area contributed by atoms with Gasteiger partial charge in [0.1, 0.15) is 11.3 Å². The van der Waals surface area contributed by atoms with Crippen LogP contribution in [0.2, 0.25) is 0 Å². The minimum Gasteiger partial charge on any atom is -0.496 e. The molecule has 0 heterocycles. The van der Waals surface area contributed by atoms with Crippen LogP contribution in [0.25, 0.3) is 0 Å². The first-order valence-corrected chi connectivity index (χ1v) is 9.32. The van der Waals surface area contributed by atoms with E-state index in [0.29, 0.717) is 29.7 Å². The number of ether oxygens (including phenoxy) is 2. The normalized spacial score (nSPS) is 27.5. The fraction of sp³-hybridized carbons (Fsp3) is 0.600. The van der Waals surface area contributed by atoms with Crippen molar-refractivity contribution >= 4 is 11.9 Å². The van der Waals surface area contributed by atoms with E-state index < -0.39 is 5.97 Å². The van der Waals surface area contributed by atoms with Crippen LogP contribution >= 0.6 is 0 Å². The number of fused-ring (bicyclic) bond motifs is 2. The van der Waals surface area contributed by atoms with E-state index in [-0.39, 0.29) is 17.9 Å². The number of rotatable bonds is 5. The van der Waals surface area contributed by atoms with Gasteiger partial charge in [0, 0.05) is 18.5 Å². The van der Waals surface area contributed by atoms with Gasteiger partial charge in [0.25, 0.3) is 0 Å². The van der Waals surface area contributed by atoms with Crippen molar-refractivity contribution in [2.45, 2.75) is 44.7 Å². The van der Waals surface area contributed by atoms with Gasteiger partial charge >= 0.3 is 5.97 Å². The van der Waals surface area contributed by atoms with E-state index in [2.05, 4.69) is 5.32 Å². The van der Waals surface area contributed by atoms with Crippen molar-refractivity contribution in [1.29, 1.82) is 0 Å². The van der Waals surface area contributed by atoms with Gasteiger partial charge in [-0.3, -0.25) is 4.79 Å². The molecule has 1 amide bonds. The summed E-state index contributed by atoms with van der Waals surface area (Å²) in [5.74, 6) is 1.09. The average Bonchev–Trinajstić information content (AvgIpc) is 2.65. The number of carbonyl (C=O) groups is 2. The lowest BCUT2D eigenvalue weighted by atomic mass is 9.65. The van der Waals surface area contributed by atoms with Crippen molar-refractivity contribution in [2.24, 2.45) is 23.5 Å². The van der Waals surface area contributed by atoms with E-state index in [1.165, 1.54) is 20.6 Å². The van der Waals surface area contributed by atoms with Crippen molar-refractivity contribution in [1.82, 2.24) is 5.32 Å². The maximum atomic E-state index is 12.6. The Labute approximate surface area is 154 Å². The number of amides is 1. The van der Waals surface area contributed by atoms with Crippen molar-refractivity contribution in [3.63, 3.8) is 0 Å². The van der Waals surface area contributed by atoms with Gasteiger partial charge in [0.15, 0.2) is 0 Å². The number of hydrogen-bond acceptors (Lipinski definition) is 5. The van der Waals surface area contributed by atoms with Gasteiger partial charge in [-0.15, -0.1) is 0 Å². The minimum absolute atomic E-state index is 0.0448. The van der Waals surface area contributed by atoms with Crippen LogP contribution in [-0.2, 0) is 16.1 Å². The van der Waals surface area contributed by atoms with Crippen molar-refractivity contribution < 1.29 is 19.1 Å². The maximum absolute atomic E-state index is 12.6. The van der Waals surface area contributed by atoms with E-state index in [4.69, 9.17) is 15.2 Å². The van der Waals surface area contributed by atoms with Crippen molar-refractivity contribution in [3.8, 4) is 5.75 Å². The Hall–Kier alpha value is -2.08. The zero-order valence-corrected chi connectivity index (χ0v) is 15.5. The van der Waals surface area contributed by atoms with Crippen LogP contribution in [0.4, 0.5) is 0 Å². The number of nitrogens with one attached hydrogen (secondary N) is 1. The second-order valence-corrected chi connectivity index (χ2v) is 7.44. The number of hydrogen-bond donors (Lipinski definition) is 2. The molecule has 2 atom stereocenters. The lowest BCUT2D eigenvalue weighted by Crippen LogP contribution is -2.49. The number of carbonyl (C=O) groups excluding carboxylic acids is 2. The molecule has 0 radical (unpaired) electrons. The molecule has 1 aromatic rings. The smallest absolute Gasteiger partial charge is 0.341 e. The molecule has 142 valence electrons. The Bertz CT molecular complexity index is 662. The first-order chi connectivity index (χ1) is 12.5. The van der Waals surface area contributed by atoms with Crippen LogP contribution in [0, 0.1) is 17.8 Å². The van der Waals surface area contributed by atoms with Gasteiger partial charge in [-0.25, -0.2) is 4.79 Å². The van der Waals surface area contributed by atoms with Gasteiger partial charge in [-0.2, -0.15) is 0 Å². The lowest BCUT2D eigenvalue weighted by Gasteiger charge is -2.43. The number of esters is 1. The maximum Gasteiger partial charge on any atom is 0.341 e. The highest BCUT2D eigenvalue weighted by molar-refractivity contribution is 5.92. The van der Waals surface area contributed by atoms with Crippen molar-refractivity contribution in [3.05, 3.63) is 29.3 Å². The predicted molar refractivity (Wildman–Crippen MR) is 97.7 cm³/mol. The van der Waals surface area contributed by atoms with Gasteiger partial charge in [-0.05, 0) is 55.2 Å². The summed E-state index contributed by atoms with van der Waals surface area (Å²) < 4.78 is 9.99. The van der Waals surface area contributed by atoms with E-state index >= 15 is 0 Å². The third-order valence-corrected chi connectivity index (χ3v) is 5.92. The van der Waals surface area contributed by atoms with E-state index in [1.54, 1.807) is 12.1 Å². The summed E-state index contributed by atoms with van der Waals surface area (Å²) in [6.07, 6.45) is 5.30. The van der Waals surface area contributed by atoms with E-state index in [9.17, 15) is 9.59 Å². The summed E-state index contributed by atoms with van der Waals surface area (Å²) in [7, 11) is 2.84. The van der Waals surface area contributed by atoms with Gasteiger partial charge in [-0.1, -0.05) is 12.5 Å². The molecule has 2 fully saturated rings. The third-order valence-electron chi connectivity index (χ3n) is 5.92. The minimum atomic E-state index is -0.455. The quantitative estimate of drug-likeness (QED) is 0.786.